The largest absolute Gasteiger partial charge is 0.494 e. The average Bonchev–Trinajstić information content (AvgIpc) is 2.70. The summed E-state index contributed by atoms with van der Waals surface area (Å²) in [6, 6.07) is 13.1. The maximum Gasteiger partial charge on any atom is 0.181 e. The first-order valence-electron chi connectivity index (χ1n) is 9.10. The molecule has 2 aromatic rings. The molecule has 7 heteroatoms. The van der Waals surface area contributed by atoms with Crippen LogP contribution in [0.4, 0.5) is 0 Å². The number of ether oxygens (including phenoxy) is 1. The summed E-state index contributed by atoms with van der Waals surface area (Å²) < 4.78 is 5.45. The van der Waals surface area contributed by atoms with Crippen LogP contribution in [0.3, 0.4) is 0 Å². The van der Waals surface area contributed by atoms with Gasteiger partial charge in [0.25, 0.3) is 0 Å². The van der Waals surface area contributed by atoms with Crippen molar-refractivity contribution in [1.82, 2.24) is 0 Å². The Bertz CT molecular complexity index is 826. The van der Waals surface area contributed by atoms with Crippen LogP contribution in [0.5, 0.6) is 5.75 Å². The second-order valence-corrected chi connectivity index (χ2v) is 8.44. The molecule has 0 bridgehead atoms. The van der Waals surface area contributed by atoms with E-state index in [9.17, 15) is 20.1 Å². The number of rotatable bonds is 6. The Balaban J connectivity index is 1.83. The van der Waals surface area contributed by atoms with Crippen molar-refractivity contribution >= 4 is 29.1 Å². The molecule has 1 fully saturated rings. The average molecular weight is 423 g/mol. The minimum atomic E-state index is -1.51. The lowest BCUT2D eigenvalue weighted by molar-refractivity contribution is -0.133. The normalized spacial score (nSPS) is 25.0. The van der Waals surface area contributed by atoms with Crippen LogP contribution >= 0.6 is 23.4 Å². The number of halogens is 1. The second kappa shape index (κ2) is 9.29. The molecular weight excluding hydrogens is 400 g/mol. The van der Waals surface area contributed by atoms with Crippen LogP contribution in [0.15, 0.2) is 42.5 Å². The van der Waals surface area contributed by atoms with Gasteiger partial charge in [0.15, 0.2) is 5.78 Å². The number of aliphatic hydroxyl groups is 3. The van der Waals surface area contributed by atoms with E-state index in [2.05, 4.69) is 0 Å². The van der Waals surface area contributed by atoms with Crippen molar-refractivity contribution in [1.29, 1.82) is 0 Å². The van der Waals surface area contributed by atoms with E-state index in [0.717, 1.165) is 28.6 Å². The van der Waals surface area contributed by atoms with E-state index in [4.69, 9.17) is 16.3 Å². The third kappa shape index (κ3) is 4.53. The zero-order chi connectivity index (χ0) is 20.3. The molecule has 3 rings (SSSR count). The van der Waals surface area contributed by atoms with Crippen LogP contribution < -0.4 is 4.74 Å². The highest BCUT2D eigenvalue weighted by atomic mass is 35.5. The van der Waals surface area contributed by atoms with Crippen LogP contribution in [-0.2, 0) is 11.2 Å². The van der Waals surface area contributed by atoms with Gasteiger partial charge in [-0.2, -0.15) is 0 Å². The van der Waals surface area contributed by atoms with Gasteiger partial charge in [0.2, 0.25) is 0 Å². The number of thioether (sulfide) groups is 1. The Morgan fingerprint density at radius 3 is 2.50 bits per heavy atom. The Hall–Kier alpha value is -1.57. The Morgan fingerprint density at radius 1 is 1.14 bits per heavy atom. The molecular formula is C21H23ClO5S. The lowest BCUT2D eigenvalue weighted by Gasteiger charge is -2.34. The van der Waals surface area contributed by atoms with Crippen LogP contribution in [0.2, 0.25) is 5.02 Å². The number of benzene rings is 2. The summed E-state index contributed by atoms with van der Waals surface area (Å²) in [6.07, 6.45) is -2.19. The second-order valence-electron chi connectivity index (χ2n) is 6.68. The first-order valence-corrected chi connectivity index (χ1v) is 10.4. The summed E-state index contributed by atoms with van der Waals surface area (Å²) in [7, 11) is 0. The van der Waals surface area contributed by atoms with Crippen molar-refractivity contribution in [2.24, 2.45) is 0 Å². The predicted molar refractivity (Wildman–Crippen MR) is 110 cm³/mol. The van der Waals surface area contributed by atoms with Gasteiger partial charge in [-0.25, -0.2) is 0 Å². The van der Waals surface area contributed by atoms with E-state index in [1.165, 1.54) is 0 Å². The van der Waals surface area contributed by atoms with Gasteiger partial charge in [0.05, 0.1) is 23.7 Å². The number of Topliss-reactive ketones (excluding diaryl/α,β-unsaturated/α-hetero) is 1. The zero-order valence-electron chi connectivity index (χ0n) is 15.4. The number of carbonyl (C=O) groups excluding carboxylic acids is 1. The van der Waals surface area contributed by atoms with E-state index >= 15 is 0 Å². The molecule has 1 aliphatic rings. The fourth-order valence-corrected chi connectivity index (χ4v) is 4.73. The minimum absolute atomic E-state index is 0.320. The van der Waals surface area contributed by atoms with Crippen molar-refractivity contribution in [3.05, 3.63) is 64.2 Å². The molecule has 0 unspecified atom stereocenters. The number of hydrogen-bond acceptors (Lipinski definition) is 6. The zero-order valence-corrected chi connectivity index (χ0v) is 17.0. The van der Waals surface area contributed by atoms with Gasteiger partial charge in [-0.3, -0.25) is 4.79 Å². The van der Waals surface area contributed by atoms with Crippen LogP contribution in [0.25, 0.3) is 0 Å². The van der Waals surface area contributed by atoms with E-state index in [-0.39, 0.29) is 6.61 Å². The highest BCUT2D eigenvalue weighted by Gasteiger charge is 2.43. The van der Waals surface area contributed by atoms with Gasteiger partial charge in [-0.15, -0.1) is 11.8 Å². The summed E-state index contributed by atoms with van der Waals surface area (Å²) in [5.41, 5.74) is 2.61. The van der Waals surface area contributed by atoms with Crippen molar-refractivity contribution in [2.75, 3.05) is 13.2 Å². The first-order chi connectivity index (χ1) is 13.4. The minimum Gasteiger partial charge on any atom is -0.494 e. The Labute approximate surface area is 173 Å². The van der Waals surface area contributed by atoms with E-state index in [0.29, 0.717) is 23.6 Å². The molecule has 150 valence electrons. The highest BCUT2D eigenvalue weighted by molar-refractivity contribution is 8.01. The molecule has 0 amide bonds. The SMILES string of the molecule is CCOc1ccc(Cc2cc([C@@H]3S[C@H](CO)[C@@H](O)[C@H](O)C3=O)ccc2Cl)cc1. The standard InChI is InChI=1S/C21H23ClO5S/c1-2-27-15-6-3-12(4-7-15)9-14-10-13(5-8-16(14)22)21-20(26)19(25)18(24)17(11-23)28-21/h3-8,10,17-19,21,23-25H,2,9,11H2,1H3/t17-,18-,19+,21+/m1/s1. The molecule has 2 aromatic carbocycles. The van der Waals surface area contributed by atoms with Gasteiger partial charge in [0, 0.05) is 5.02 Å². The van der Waals surface area contributed by atoms with Crippen LogP contribution in [0, 0.1) is 0 Å². The number of aliphatic hydroxyl groups excluding tert-OH is 3. The summed E-state index contributed by atoms with van der Waals surface area (Å²) in [5.74, 6) is 0.342. The lowest BCUT2D eigenvalue weighted by Crippen LogP contribution is -2.48. The van der Waals surface area contributed by atoms with Crippen molar-refractivity contribution < 1.29 is 24.9 Å². The van der Waals surface area contributed by atoms with Crippen molar-refractivity contribution in [2.45, 2.75) is 36.1 Å². The van der Waals surface area contributed by atoms with Gasteiger partial charge >= 0.3 is 0 Å². The number of carbonyl (C=O) groups is 1. The van der Waals surface area contributed by atoms with Gasteiger partial charge in [-0.05, 0) is 48.2 Å². The van der Waals surface area contributed by atoms with Gasteiger partial charge in [-0.1, -0.05) is 35.9 Å². The summed E-state index contributed by atoms with van der Waals surface area (Å²) in [4.78, 5) is 12.5. The maximum atomic E-state index is 12.5. The van der Waals surface area contributed by atoms with Crippen LogP contribution in [0.1, 0.15) is 28.9 Å². The van der Waals surface area contributed by atoms with Crippen molar-refractivity contribution in [3.63, 3.8) is 0 Å². The molecule has 3 N–H and O–H groups in total. The molecule has 0 aliphatic carbocycles. The molecule has 0 aromatic heterocycles. The molecule has 0 spiro atoms. The summed E-state index contributed by atoms with van der Waals surface area (Å²) in [5, 5.41) is 28.7. The van der Waals surface area contributed by atoms with E-state index < -0.39 is 28.5 Å². The first kappa shape index (κ1) is 21.1. The van der Waals surface area contributed by atoms with Gasteiger partial charge < -0.3 is 20.1 Å². The molecule has 1 heterocycles. The quantitative estimate of drug-likeness (QED) is 0.663. The smallest absolute Gasteiger partial charge is 0.181 e. The Kier molecular flexibility index (Phi) is 7.01. The fourth-order valence-electron chi connectivity index (χ4n) is 3.23. The fraction of sp³-hybridized carbons (Fsp3) is 0.381. The summed E-state index contributed by atoms with van der Waals surface area (Å²) >= 11 is 7.53. The lowest BCUT2D eigenvalue weighted by atomic mass is 9.96. The molecule has 28 heavy (non-hydrogen) atoms. The monoisotopic (exact) mass is 422 g/mol. The van der Waals surface area contributed by atoms with Crippen molar-refractivity contribution in [3.8, 4) is 5.75 Å². The molecule has 0 radical (unpaired) electrons. The summed E-state index contributed by atoms with van der Waals surface area (Å²) in [6.45, 7) is 2.22. The maximum absolute atomic E-state index is 12.5. The van der Waals surface area contributed by atoms with E-state index in [1.54, 1.807) is 12.1 Å². The predicted octanol–water partition coefficient (Wildman–Crippen LogP) is 2.77. The molecule has 1 aliphatic heterocycles. The molecule has 4 atom stereocenters. The molecule has 5 nitrogen and oxygen atoms in total. The topological polar surface area (TPSA) is 87.0 Å². The number of ketones is 1. The van der Waals surface area contributed by atoms with Crippen LogP contribution in [-0.4, -0.2) is 51.8 Å². The van der Waals surface area contributed by atoms with E-state index in [1.807, 2.05) is 37.3 Å². The third-order valence-corrected chi connectivity index (χ3v) is 6.67. The highest BCUT2D eigenvalue weighted by Crippen LogP contribution is 2.41. The number of hydrogen-bond donors (Lipinski definition) is 3. The van der Waals surface area contributed by atoms with Gasteiger partial charge in [0.1, 0.15) is 18.0 Å². The third-order valence-electron chi connectivity index (χ3n) is 4.75. The molecule has 1 saturated heterocycles. The molecule has 0 saturated carbocycles. The Morgan fingerprint density at radius 2 is 1.86 bits per heavy atom.